The maximum absolute atomic E-state index is 11.4. The molecule has 2 aliphatic carbocycles. The summed E-state index contributed by atoms with van der Waals surface area (Å²) in [6, 6.07) is 9.13. The van der Waals surface area contributed by atoms with E-state index < -0.39 is 10.1 Å². The topological polar surface area (TPSA) is 54.4 Å². The molecule has 0 atom stereocenters. The molecule has 0 aromatic rings. The summed E-state index contributed by atoms with van der Waals surface area (Å²) in [5.41, 5.74) is 3.34. The van der Waals surface area contributed by atoms with E-state index in [0.29, 0.717) is 11.5 Å². The van der Waals surface area contributed by atoms with Crippen molar-refractivity contribution in [3.05, 3.63) is 41.5 Å². The van der Waals surface area contributed by atoms with Gasteiger partial charge >= 0.3 is 29.6 Å². The average molecular weight is 288 g/mol. The first kappa shape index (κ1) is 16.7. The predicted octanol–water partition coefficient (Wildman–Crippen LogP) is 0.586. The summed E-state index contributed by atoms with van der Waals surface area (Å²) in [5, 5.41) is 0. The number of hydrogen-bond donors (Lipinski definition) is 1. The third-order valence-electron chi connectivity index (χ3n) is 3.14. The summed E-state index contributed by atoms with van der Waals surface area (Å²) in [6.45, 7) is 5.93. The zero-order chi connectivity index (χ0) is 13.5. The van der Waals surface area contributed by atoms with E-state index >= 15 is 0 Å². The molecule has 0 unspecified atom stereocenters. The Kier molecular flexibility index (Phi) is 5.21. The van der Waals surface area contributed by atoms with Gasteiger partial charge in [-0.2, -0.15) is 8.42 Å². The molecule has 0 aliphatic heterocycles. The van der Waals surface area contributed by atoms with Crippen LogP contribution in [-0.4, -0.2) is 13.0 Å². The number of fused-ring (bicyclic) bond motifs is 1. The van der Waals surface area contributed by atoms with Crippen molar-refractivity contribution in [3.63, 3.8) is 0 Å². The summed E-state index contributed by atoms with van der Waals surface area (Å²) >= 11 is 0. The molecule has 0 aromatic heterocycles. The fourth-order valence-electron chi connectivity index (χ4n) is 2.11. The van der Waals surface area contributed by atoms with Crippen LogP contribution in [0.1, 0.15) is 32.3 Å². The Morgan fingerprint density at radius 2 is 1.79 bits per heavy atom. The molecule has 0 saturated carbocycles. The van der Waals surface area contributed by atoms with Crippen LogP contribution < -0.4 is 29.6 Å². The molecule has 0 fully saturated rings. The Hall–Kier alpha value is -0.390. The van der Waals surface area contributed by atoms with Crippen LogP contribution in [0.2, 0.25) is 0 Å². The molecular formula is C14H17NaO3S. The third-order valence-corrected chi connectivity index (χ3v) is 4.03. The van der Waals surface area contributed by atoms with Gasteiger partial charge in [0.2, 0.25) is 0 Å². The maximum Gasteiger partial charge on any atom is 1.00 e. The molecule has 0 bridgehead atoms. The van der Waals surface area contributed by atoms with E-state index in [2.05, 4.69) is 0 Å². The van der Waals surface area contributed by atoms with E-state index in [0.717, 1.165) is 16.7 Å². The fraction of sp³-hybridized carbons (Fsp3) is 0.286. The summed E-state index contributed by atoms with van der Waals surface area (Å²) in [5.74, 6) is 0.296. The SMILES string of the molecule is Cc1cc(S(=O)(=O)O)c2cc(C(C)C)cccc1-2.[H-].[Na+]. The van der Waals surface area contributed by atoms with E-state index in [1.807, 2.05) is 45.0 Å². The Morgan fingerprint density at radius 1 is 1.16 bits per heavy atom. The van der Waals surface area contributed by atoms with Gasteiger partial charge in [0.05, 0.1) is 0 Å². The van der Waals surface area contributed by atoms with E-state index in [9.17, 15) is 13.0 Å². The zero-order valence-electron chi connectivity index (χ0n) is 12.6. The van der Waals surface area contributed by atoms with Gasteiger partial charge in [-0.15, -0.1) is 0 Å². The van der Waals surface area contributed by atoms with Crippen molar-refractivity contribution in [2.24, 2.45) is 0 Å². The smallest absolute Gasteiger partial charge is 1.00 e. The van der Waals surface area contributed by atoms with Crippen LogP contribution in [0.5, 0.6) is 0 Å². The number of aryl methyl sites for hydroxylation is 1. The van der Waals surface area contributed by atoms with Gasteiger partial charge in [0.25, 0.3) is 10.1 Å². The van der Waals surface area contributed by atoms with Crippen molar-refractivity contribution in [3.8, 4) is 11.1 Å². The second-order valence-electron chi connectivity index (χ2n) is 4.82. The molecule has 0 aromatic carbocycles. The molecule has 98 valence electrons. The van der Waals surface area contributed by atoms with Crippen LogP contribution in [0.25, 0.3) is 11.1 Å². The van der Waals surface area contributed by atoms with Crippen LogP contribution in [0.3, 0.4) is 0 Å². The second-order valence-corrected chi connectivity index (χ2v) is 6.21. The minimum Gasteiger partial charge on any atom is -1.00 e. The second kappa shape index (κ2) is 5.94. The quantitative estimate of drug-likeness (QED) is 0.650. The third kappa shape index (κ3) is 3.38. The van der Waals surface area contributed by atoms with Crippen molar-refractivity contribution in [2.75, 3.05) is 0 Å². The van der Waals surface area contributed by atoms with Crippen molar-refractivity contribution in [2.45, 2.75) is 31.6 Å². The van der Waals surface area contributed by atoms with Gasteiger partial charge in [0.1, 0.15) is 4.90 Å². The monoisotopic (exact) mass is 288 g/mol. The summed E-state index contributed by atoms with van der Waals surface area (Å²) in [6.07, 6.45) is 0. The van der Waals surface area contributed by atoms with E-state index in [-0.39, 0.29) is 35.9 Å². The first-order chi connectivity index (χ1) is 8.30. The molecule has 0 amide bonds. The molecule has 0 heterocycles. The molecule has 0 saturated heterocycles. The number of rotatable bonds is 2. The fourth-order valence-corrected chi connectivity index (χ4v) is 2.88. The molecule has 3 nitrogen and oxygen atoms in total. The Morgan fingerprint density at radius 3 is 2.32 bits per heavy atom. The summed E-state index contributed by atoms with van der Waals surface area (Å²) in [4.78, 5) is -0.00639. The van der Waals surface area contributed by atoms with Gasteiger partial charge in [-0.3, -0.25) is 4.55 Å². The van der Waals surface area contributed by atoms with E-state index in [1.54, 1.807) is 0 Å². The standard InChI is InChI=1S/C14H16O3S.Na.H/c1-9(2)11-5-4-6-12-10(3)7-14(13(12)8-11)18(15,16)17;;/h4-9H,1-3H3,(H,15,16,17);;/q;+1;-1. The number of hydrogen-bond acceptors (Lipinski definition) is 2. The van der Waals surface area contributed by atoms with Gasteiger partial charge in [-0.25, -0.2) is 0 Å². The minimum absolute atomic E-state index is 0. The summed E-state index contributed by atoms with van der Waals surface area (Å²) < 4.78 is 32.1. The molecule has 19 heavy (non-hydrogen) atoms. The van der Waals surface area contributed by atoms with Gasteiger partial charge in [-0.1, -0.05) is 32.0 Å². The molecule has 5 heteroatoms. The molecule has 0 radical (unpaired) electrons. The maximum atomic E-state index is 11.4. The first-order valence-electron chi connectivity index (χ1n) is 5.81. The van der Waals surface area contributed by atoms with E-state index in [4.69, 9.17) is 0 Å². The van der Waals surface area contributed by atoms with Crippen LogP contribution in [0.4, 0.5) is 0 Å². The van der Waals surface area contributed by atoms with Crippen molar-refractivity contribution in [1.82, 2.24) is 0 Å². The molecule has 1 N–H and O–H groups in total. The van der Waals surface area contributed by atoms with Crippen LogP contribution >= 0.6 is 0 Å². The normalized spacial score (nSPS) is 11.6. The summed E-state index contributed by atoms with van der Waals surface area (Å²) in [7, 11) is -4.18. The van der Waals surface area contributed by atoms with E-state index in [1.165, 1.54) is 6.07 Å². The largest absolute Gasteiger partial charge is 1.00 e. The van der Waals surface area contributed by atoms with Crippen LogP contribution in [0.15, 0.2) is 35.2 Å². The average Bonchev–Trinajstić information content (AvgIpc) is 2.47. The van der Waals surface area contributed by atoms with Crippen molar-refractivity contribution >= 4 is 10.1 Å². The van der Waals surface area contributed by atoms with Crippen LogP contribution in [-0.2, 0) is 10.1 Å². The molecule has 2 rings (SSSR count). The van der Waals surface area contributed by atoms with Crippen molar-refractivity contribution < 1.29 is 44.0 Å². The Labute approximate surface area is 137 Å². The Balaban J connectivity index is 0.00000180. The molecular weight excluding hydrogens is 271 g/mol. The minimum atomic E-state index is -4.18. The first-order valence-corrected chi connectivity index (χ1v) is 7.25. The van der Waals surface area contributed by atoms with Gasteiger partial charge in [0.15, 0.2) is 0 Å². The van der Waals surface area contributed by atoms with Gasteiger partial charge in [0, 0.05) is 5.56 Å². The zero-order valence-corrected chi connectivity index (χ0v) is 14.5. The van der Waals surface area contributed by atoms with Crippen LogP contribution in [0, 0.1) is 6.92 Å². The molecule has 0 spiro atoms. The Bertz CT molecular complexity index is 668. The predicted molar refractivity (Wildman–Crippen MR) is 72.8 cm³/mol. The van der Waals surface area contributed by atoms with Gasteiger partial charge in [-0.05, 0) is 41.7 Å². The van der Waals surface area contributed by atoms with Gasteiger partial charge < -0.3 is 1.43 Å². The molecule has 2 aliphatic rings. The van der Waals surface area contributed by atoms with Crippen molar-refractivity contribution in [1.29, 1.82) is 0 Å².